The quantitative estimate of drug-likeness (QED) is 0.407. The van der Waals surface area contributed by atoms with Gasteiger partial charge in [0.1, 0.15) is 4.83 Å². The zero-order valence-corrected chi connectivity index (χ0v) is 15.9. The molecule has 0 unspecified atom stereocenters. The Labute approximate surface area is 162 Å². The van der Waals surface area contributed by atoms with E-state index in [-0.39, 0.29) is 11.1 Å². The van der Waals surface area contributed by atoms with Gasteiger partial charge in [0.05, 0.1) is 16.6 Å². The number of fused-ring (bicyclic) bond motifs is 1. The lowest BCUT2D eigenvalue weighted by atomic mass is 10.1. The van der Waals surface area contributed by atoms with E-state index in [0.717, 1.165) is 11.1 Å². The molecule has 5 nitrogen and oxygen atoms in total. The molecule has 4 rings (SSSR count). The van der Waals surface area contributed by atoms with Crippen molar-refractivity contribution in [1.82, 2.24) is 9.55 Å². The Morgan fingerprint density at radius 2 is 1.81 bits per heavy atom. The maximum absolute atomic E-state index is 13.4. The molecule has 4 aromatic rings. The second-order valence-electron chi connectivity index (χ2n) is 5.79. The van der Waals surface area contributed by atoms with Gasteiger partial charge >= 0.3 is 5.97 Å². The largest absolute Gasteiger partial charge is 0.478 e. The molecule has 7 heteroatoms. The molecule has 27 heavy (non-hydrogen) atoms. The van der Waals surface area contributed by atoms with Gasteiger partial charge in [-0.1, -0.05) is 42.1 Å². The molecule has 0 radical (unpaired) electrons. The van der Waals surface area contributed by atoms with E-state index < -0.39 is 5.97 Å². The van der Waals surface area contributed by atoms with E-state index in [1.807, 2.05) is 42.0 Å². The van der Waals surface area contributed by atoms with Crippen LogP contribution < -0.4 is 5.56 Å². The first kappa shape index (κ1) is 17.5. The first-order chi connectivity index (χ1) is 13.1. The van der Waals surface area contributed by atoms with Crippen molar-refractivity contribution >= 4 is 39.3 Å². The second kappa shape index (κ2) is 7.02. The van der Waals surface area contributed by atoms with Gasteiger partial charge in [-0.3, -0.25) is 9.36 Å². The number of carbonyl (C=O) groups is 1. The zero-order valence-electron chi connectivity index (χ0n) is 14.2. The van der Waals surface area contributed by atoms with Crippen molar-refractivity contribution in [2.45, 2.75) is 5.16 Å². The smallest absolute Gasteiger partial charge is 0.335 e. The molecule has 2 aromatic heterocycles. The number of hydrogen-bond donors (Lipinski definition) is 1. The fourth-order valence-corrected chi connectivity index (χ4v) is 4.47. The van der Waals surface area contributed by atoms with E-state index in [2.05, 4.69) is 4.98 Å². The molecule has 0 aliphatic heterocycles. The van der Waals surface area contributed by atoms with Gasteiger partial charge in [0.15, 0.2) is 5.16 Å². The van der Waals surface area contributed by atoms with Crippen LogP contribution in [0.5, 0.6) is 0 Å². The maximum atomic E-state index is 13.4. The first-order valence-corrected chi connectivity index (χ1v) is 10.2. The molecule has 0 spiro atoms. The molecule has 2 aromatic carbocycles. The van der Waals surface area contributed by atoms with Crippen LogP contribution in [0.4, 0.5) is 0 Å². The fraction of sp³-hybridized carbons (Fsp3) is 0.0500. The van der Waals surface area contributed by atoms with E-state index in [4.69, 9.17) is 5.11 Å². The number of thioether (sulfide) groups is 1. The van der Waals surface area contributed by atoms with E-state index >= 15 is 0 Å². The molecule has 1 N–H and O–H groups in total. The molecule has 2 heterocycles. The Hall–Kier alpha value is -2.90. The highest BCUT2D eigenvalue weighted by Crippen LogP contribution is 2.32. The number of benzene rings is 2. The molecule has 0 amide bonds. The Kier molecular flexibility index (Phi) is 4.55. The molecule has 0 atom stereocenters. The Morgan fingerprint density at radius 3 is 2.44 bits per heavy atom. The minimum absolute atomic E-state index is 0.160. The van der Waals surface area contributed by atoms with E-state index in [1.165, 1.54) is 39.8 Å². The summed E-state index contributed by atoms with van der Waals surface area (Å²) in [4.78, 5) is 29.8. The molecular formula is C20H14N2O3S2. The molecule has 0 bridgehead atoms. The maximum Gasteiger partial charge on any atom is 0.335 e. The first-order valence-electron chi connectivity index (χ1n) is 8.07. The molecule has 0 fully saturated rings. The molecule has 0 saturated heterocycles. The zero-order chi connectivity index (χ0) is 19.0. The van der Waals surface area contributed by atoms with Crippen LogP contribution in [0.25, 0.3) is 27.0 Å². The number of rotatable bonds is 4. The van der Waals surface area contributed by atoms with Gasteiger partial charge in [0.2, 0.25) is 0 Å². The molecule has 0 saturated carbocycles. The van der Waals surface area contributed by atoms with Crippen LogP contribution in [-0.4, -0.2) is 26.9 Å². The average molecular weight is 394 g/mol. The molecule has 134 valence electrons. The number of nitrogens with zero attached hydrogens (tertiary/aromatic N) is 2. The van der Waals surface area contributed by atoms with Crippen LogP contribution in [0.15, 0.2) is 69.9 Å². The van der Waals surface area contributed by atoms with Crippen molar-refractivity contribution in [1.29, 1.82) is 0 Å². The summed E-state index contributed by atoms with van der Waals surface area (Å²) in [6.07, 6.45) is 1.86. The standard InChI is InChI=1S/C20H14N2O3S2/c1-26-20-21-17-16(15(11-27-17)12-5-3-2-4-6-12)18(23)22(20)14-9-7-13(8-10-14)19(24)25/h2-11H,1H3,(H,24,25). The summed E-state index contributed by atoms with van der Waals surface area (Å²) in [5.74, 6) is -1.00. The Balaban J connectivity index is 1.98. The van der Waals surface area contributed by atoms with Gasteiger partial charge in [0.25, 0.3) is 5.56 Å². The van der Waals surface area contributed by atoms with Crippen molar-refractivity contribution in [3.05, 3.63) is 75.9 Å². The summed E-state index contributed by atoms with van der Waals surface area (Å²) >= 11 is 2.82. The number of carboxylic acid groups (broad SMARTS) is 1. The third-order valence-corrected chi connectivity index (χ3v) is 5.73. The summed E-state index contributed by atoms with van der Waals surface area (Å²) in [6.45, 7) is 0. The number of thiophene rings is 1. The van der Waals surface area contributed by atoms with Crippen molar-refractivity contribution in [2.75, 3.05) is 6.26 Å². The van der Waals surface area contributed by atoms with Crippen LogP contribution in [0.1, 0.15) is 10.4 Å². The summed E-state index contributed by atoms with van der Waals surface area (Å²) in [6, 6.07) is 16.0. The van der Waals surface area contributed by atoms with Crippen LogP contribution in [0.3, 0.4) is 0 Å². The van der Waals surface area contributed by atoms with Gasteiger partial charge in [0, 0.05) is 10.9 Å². The summed E-state index contributed by atoms with van der Waals surface area (Å²) in [5, 5.41) is 12.2. The van der Waals surface area contributed by atoms with Gasteiger partial charge in [-0.15, -0.1) is 11.3 Å². The number of carboxylic acids is 1. The van der Waals surface area contributed by atoms with Crippen molar-refractivity contribution in [3.8, 4) is 16.8 Å². The van der Waals surface area contributed by atoms with Crippen LogP contribution in [0.2, 0.25) is 0 Å². The van der Waals surface area contributed by atoms with Crippen molar-refractivity contribution < 1.29 is 9.90 Å². The van der Waals surface area contributed by atoms with Gasteiger partial charge in [-0.2, -0.15) is 0 Å². The van der Waals surface area contributed by atoms with Crippen LogP contribution >= 0.6 is 23.1 Å². The lowest BCUT2D eigenvalue weighted by molar-refractivity contribution is 0.0697. The van der Waals surface area contributed by atoms with Gasteiger partial charge in [-0.05, 0) is 36.1 Å². The van der Waals surface area contributed by atoms with Crippen LogP contribution in [0, 0.1) is 0 Å². The summed E-state index contributed by atoms with van der Waals surface area (Å²) in [7, 11) is 0. The highest BCUT2D eigenvalue weighted by atomic mass is 32.2. The Bertz CT molecular complexity index is 1200. The molecular weight excluding hydrogens is 380 g/mol. The topological polar surface area (TPSA) is 72.2 Å². The SMILES string of the molecule is CSc1nc2scc(-c3ccccc3)c2c(=O)n1-c1ccc(C(=O)O)cc1. The Morgan fingerprint density at radius 1 is 1.11 bits per heavy atom. The van der Waals surface area contributed by atoms with Crippen LogP contribution in [-0.2, 0) is 0 Å². The predicted molar refractivity (Wildman–Crippen MR) is 109 cm³/mol. The third kappa shape index (κ3) is 3.05. The highest BCUT2D eigenvalue weighted by Gasteiger charge is 2.18. The monoisotopic (exact) mass is 394 g/mol. The van der Waals surface area contributed by atoms with Gasteiger partial charge in [-0.25, -0.2) is 9.78 Å². The second-order valence-corrected chi connectivity index (χ2v) is 7.42. The van der Waals surface area contributed by atoms with Gasteiger partial charge < -0.3 is 5.11 Å². The summed E-state index contributed by atoms with van der Waals surface area (Å²) < 4.78 is 1.54. The minimum atomic E-state index is -1.00. The molecule has 0 aliphatic carbocycles. The number of hydrogen-bond acceptors (Lipinski definition) is 5. The molecule has 0 aliphatic rings. The number of aromatic nitrogens is 2. The lowest BCUT2D eigenvalue weighted by Gasteiger charge is -2.11. The fourth-order valence-electron chi connectivity index (χ4n) is 2.92. The van der Waals surface area contributed by atoms with E-state index in [0.29, 0.717) is 21.1 Å². The highest BCUT2D eigenvalue weighted by molar-refractivity contribution is 7.98. The van der Waals surface area contributed by atoms with E-state index in [9.17, 15) is 9.59 Å². The average Bonchev–Trinajstić information content (AvgIpc) is 3.13. The van der Waals surface area contributed by atoms with E-state index in [1.54, 1.807) is 12.1 Å². The normalized spacial score (nSPS) is 11.0. The van der Waals surface area contributed by atoms with Crippen molar-refractivity contribution in [3.63, 3.8) is 0 Å². The summed E-state index contributed by atoms with van der Waals surface area (Å²) in [5.41, 5.74) is 2.43. The predicted octanol–water partition coefficient (Wildman–Crippen LogP) is 4.53. The third-order valence-electron chi connectivity index (χ3n) is 4.22. The number of aromatic carboxylic acids is 1. The van der Waals surface area contributed by atoms with Crippen molar-refractivity contribution in [2.24, 2.45) is 0 Å². The lowest BCUT2D eigenvalue weighted by Crippen LogP contribution is -2.21. The minimum Gasteiger partial charge on any atom is -0.478 e.